The normalized spacial score (nSPS) is 19.3. The van der Waals surface area contributed by atoms with Crippen molar-refractivity contribution in [1.29, 1.82) is 0 Å². The summed E-state index contributed by atoms with van der Waals surface area (Å²) in [5.74, 6) is 0.931. The van der Waals surface area contributed by atoms with Crippen LogP contribution in [0.25, 0.3) is 27.9 Å². The van der Waals surface area contributed by atoms with Crippen LogP contribution in [0.15, 0.2) is 65.8 Å². The summed E-state index contributed by atoms with van der Waals surface area (Å²) in [6.45, 7) is 7.49. The molecule has 4 aromatic rings. The smallest absolute Gasteiger partial charge is 0.332 e. The fourth-order valence-electron chi connectivity index (χ4n) is 6.14. The molecule has 2 aromatic heterocycles. The molecule has 39 heavy (non-hydrogen) atoms. The Morgan fingerprint density at radius 2 is 1.79 bits per heavy atom. The lowest BCUT2D eigenvalue weighted by Gasteiger charge is -2.28. The van der Waals surface area contributed by atoms with Crippen LogP contribution in [0.3, 0.4) is 0 Å². The van der Waals surface area contributed by atoms with Crippen LogP contribution in [0.2, 0.25) is 5.02 Å². The zero-order valence-corrected chi connectivity index (χ0v) is 22.9. The van der Waals surface area contributed by atoms with E-state index in [0.717, 1.165) is 25.5 Å². The summed E-state index contributed by atoms with van der Waals surface area (Å²) in [5, 5.41) is 11.6. The first-order valence-electron chi connectivity index (χ1n) is 13.2. The lowest BCUT2D eigenvalue weighted by molar-refractivity contribution is 0.204. The van der Waals surface area contributed by atoms with Crippen molar-refractivity contribution in [1.82, 2.24) is 19.0 Å². The van der Waals surface area contributed by atoms with Gasteiger partial charge in [-0.25, -0.2) is 14.2 Å². The summed E-state index contributed by atoms with van der Waals surface area (Å²) in [7, 11) is 1.66. The molecule has 0 radical (unpaired) electrons. The molecule has 2 aromatic carbocycles. The van der Waals surface area contributed by atoms with Gasteiger partial charge in [0.15, 0.2) is 0 Å². The molecule has 0 bridgehead atoms. The van der Waals surface area contributed by atoms with Gasteiger partial charge in [0.2, 0.25) is 0 Å². The molecule has 2 aliphatic rings. The predicted octanol–water partition coefficient (Wildman–Crippen LogP) is 5.32. The van der Waals surface area contributed by atoms with Crippen molar-refractivity contribution in [3.05, 3.63) is 82.4 Å². The molecule has 7 nitrogen and oxygen atoms in total. The maximum Gasteiger partial charge on any atom is 0.332 e. The Balaban J connectivity index is 1.33. The van der Waals surface area contributed by atoms with Gasteiger partial charge in [0.05, 0.1) is 10.7 Å². The summed E-state index contributed by atoms with van der Waals surface area (Å²) < 4.78 is 17.8. The summed E-state index contributed by atoms with van der Waals surface area (Å²) in [5.41, 5.74) is 2.22. The number of phenolic OH excluding ortho intramolecular Hbond substituents is 1. The van der Waals surface area contributed by atoms with Crippen LogP contribution < -0.4 is 10.6 Å². The second-order valence-corrected chi connectivity index (χ2v) is 11.2. The Hall–Kier alpha value is -3.62. The Morgan fingerprint density at radius 3 is 2.46 bits per heavy atom. The maximum atomic E-state index is 14.9. The maximum absolute atomic E-state index is 14.9. The third-order valence-electron chi connectivity index (χ3n) is 8.17. The number of halogens is 2. The van der Waals surface area contributed by atoms with Crippen LogP contribution in [-0.2, 0) is 7.05 Å². The van der Waals surface area contributed by atoms with E-state index in [2.05, 4.69) is 28.6 Å². The second-order valence-electron chi connectivity index (χ2n) is 10.8. The van der Waals surface area contributed by atoms with Gasteiger partial charge in [-0.15, -0.1) is 0 Å². The number of fused-ring (bicyclic) bond motifs is 1. The van der Waals surface area contributed by atoms with Gasteiger partial charge in [0, 0.05) is 61.9 Å². The van der Waals surface area contributed by atoms with Crippen LogP contribution >= 0.6 is 11.6 Å². The average Bonchev–Trinajstić information content (AvgIpc) is 3.60. The highest BCUT2D eigenvalue weighted by Gasteiger charge is 2.42. The quantitative estimate of drug-likeness (QED) is 0.366. The van der Waals surface area contributed by atoms with Gasteiger partial charge in [-0.05, 0) is 80.3 Å². The fraction of sp³-hybridized carbons (Fsp3) is 0.333. The molecule has 0 saturated carbocycles. The number of rotatable bonds is 5. The van der Waals surface area contributed by atoms with Crippen molar-refractivity contribution in [3.8, 4) is 33.7 Å². The van der Waals surface area contributed by atoms with E-state index in [4.69, 9.17) is 11.6 Å². The SMILES string of the molecule is CC(C)N1CCC2CN(c3cc(-c4cc(F)cc(-c5ccc(-n6ccn(C)c6=O)c(Cl)c5)c4O)ccn3)CC21. The van der Waals surface area contributed by atoms with Gasteiger partial charge >= 0.3 is 5.69 Å². The molecule has 202 valence electrons. The van der Waals surface area contributed by atoms with E-state index in [9.17, 15) is 14.3 Å². The molecule has 6 rings (SSSR count). The number of hydrogen-bond acceptors (Lipinski definition) is 5. The zero-order valence-electron chi connectivity index (χ0n) is 22.2. The molecule has 2 atom stereocenters. The Labute approximate surface area is 231 Å². The third kappa shape index (κ3) is 4.51. The van der Waals surface area contributed by atoms with Gasteiger partial charge in [-0.1, -0.05) is 17.7 Å². The number of pyridine rings is 1. The first-order valence-corrected chi connectivity index (χ1v) is 13.6. The van der Waals surface area contributed by atoms with Crippen molar-refractivity contribution >= 4 is 17.4 Å². The minimum atomic E-state index is -0.473. The lowest BCUT2D eigenvalue weighted by atomic mass is 9.97. The van der Waals surface area contributed by atoms with Gasteiger partial charge in [-0.3, -0.25) is 9.47 Å². The number of aromatic hydroxyl groups is 1. The largest absolute Gasteiger partial charge is 0.507 e. The van der Waals surface area contributed by atoms with Crippen LogP contribution in [0.4, 0.5) is 10.2 Å². The van der Waals surface area contributed by atoms with E-state index in [-0.39, 0.29) is 11.4 Å². The van der Waals surface area contributed by atoms with Crippen molar-refractivity contribution in [2.45, 2.75) is 32.4 Å². The number of aromatic nitrogens is 3. The molecule has 0 spiro atoms. The first kappa shape index (κ1) is 25.6. The number of imidazole rings is 1. The standard InChI is InChI=1S/C30H31ClFN5O2/c1-18(2)36-9-7-21-16-35(17-27(21)36)28-13-20(6-8-33-28)24-15-22(32)14-23(29(24)38)19-4-5-26(25(31)12-19)37-11-10-34(3)30(37)39/h4-6,8,10-15,18,21,27,38H,7,9,16-17H2,1-3H3. The van der Waals surface area contributed by atoms with Crippen molar-refractivity contribution in [2.24, 2.45) is 13.0 Å². The number of anilines is 1. The number of hydrogen-bond donors (Lipinski definition) is 1. The van der Waals surface area contributed by atoms with Gasteiger partial charge in [0.25, 0.3) is 0 Å². The monoisotopic (exact) mass is 547 g/mol. The van der Waals surface area contributed by atoms with Crippen LogP contribution in [0, 0.1) is 11.7 Å². The molecule has 1 N–H and O–H groups in total. The summed E-state index contributed by atoms with van der Waals surface area (Å²) in [6, 6.07) is 12.4. The van der Waals surface area contributed by atoms with Gasteiger partial charge < -0.3 is 14.6 Å². The van der Waals surface area contributed by atoms with Crippen molar-refractivity contribution in [2.75, 3.05) is 24.5 Å². The molecule has 2 aliphatic heterocycles. The van der Waals surface area contributed by atoms with Crippen molar-refractivity contribution in [3.63, 3.8) is 0 Å². The number of phenols is 1. The van der Waals surface area contributed by atoms with E-state index < -0.39 is 5.82 Å². The Morgan fingerprint density at radius 1 is 1.05 bits per heavy atom. The molecule has 0 aliphatic carbocycles. The number of nitrogens with zero attached hydrogens (tertiary/aromatic N) is 5. The molecule has 0 amide bonds. The summed E-state index contributed by atoms with van der Waals surface area (Å²) in [6.07, 6.45) is 6.19. The van der Waals surface area contributed by atoms with Gasteiger partial charge in [-0.2, -0.15) is 0 Å². The minimum Gasteiger partial charge on any atom is -0.507 e. The van der Waals surface area contributed by atoms with E-state index in [0.29, 0.717) is 51.0 Å². The third-order valence-corrected chi connectivity index (χ3v) is 8.48. The molecule has 9 heteroatoms. The summed E-state index contributed by atoms with van der Waals surface area (Å²) in [4.78, 5) is 21.9. The van der Waals surface area contributed by atoms with Crippen molar-refractivity contribution < 1.29 is 9.50 Å². The fourth-order valence-corrected chi connectivity index (χ4v) is 6.41. The van der Waals surface area contributed by atoms with E-state index in [1.54, 1.807) is 49.9 Å². The number of aryl methyl sites for hydroxylation is 1. The predicted molar refractivity (Wildman–Crippen MR) is 152 cm³/mol. The Kier molecular flexibility index (Phi) is 6.47. The highest BCUT2D eigenvalue weighted by Crippen LogP contribution is 2.41. The van der Waals surface area contributed by atoms with E-state index >= 15 is 0 Å². The molecular formula is C30H31ClFN5O2. The van der Waals surface area contributed by atoms with Crippen LogP contribution in [0.5, 0.6) is 5.75 Å². The second kappa shape index (κ2) is 9.84. The average molecular weight is 548 g/mol. The van der Waals surface area contributed by atoms with E-state index in [1.165, 1.54) is 27.7 Å². The number of benzene rings is 2. The first-order chi connectivity index (χ1) is 18.7. The summed E-state index contributed by atoms with van der Waals surface area (Å²) >= 11 is 6.55. The van der Waals surface area contributed by atoms with Crippen LogP contribution in [0.1, 0.15) is 20.3 Å². The molecular weight excluding hydrogens is 517 g/mol. The van der Waals surface area contributed by atoms with Crippen LogP contribution in [-0.4, -0.2) is 55.8 Å². The zero-order chi connectivity index (χ0) is 27.4. The minimum absolute atomic E-state index is 0.0430. The number of likely N-dealkylation sites (tertiary alicyclic amines) is 1. The molecule has 4 heterocycles. The lowest BCUT2D eigenvalue weighted by Crippen LogP contribution is -2.39. The molecule has 2 saturated heterocycles. The molecule has 2 unspecified atom stereocenters. The molecule has 2 fully saturated rings. The highest BCUT2D eigenvalue weighted by atomic mass is 35.5. The topological polar surface area (TPSA) is 66.5 Å². The highest BCUT2D eigenvalue weighted by molar-refractivity contribution is 6.32. The van der Waals surface area contributed by atoms with Gasteiger partial charge in [0.1, 0.15) is 17.4 Å². The van der Waals surface area contributed by atoms with E-state index in [1.807, 2.05) is 6.07 Å². The Bertz CT molecular complexity index is 1610.